The van der Waals surface area contributed by atoms with Crippen molar-refractivity contribution in [1.29, 1.82) is 0 Å². The zero-order valence-corrected chi connectivity index (χ0v) is 10.7. The quantitative estimate of drug-likeness (QED) is 0.870. The maximum atomic E-state index is 6.18. The topological polar surface area (TPSA) is 35.2 Å². The summed E-state index contributed by atoms with van der Waals surface area (Å²) in [6, 6.07) is 18.1. The van der Waals surface area contributed by atoms with Gasteiger partial charge in [0.1, 0.15) is 5.75 Å². The first-order valence-corrected chi connectivity index (χ1v) is 6.26. The first-order chi connectivity index (χ1) is 8.77. The Kier molecular flexibility index (Phi) is 4.37. The first kappa shape index (κ1) is 12.7. The van der Waals surface area contributed by atoms with Crippen LogP contribution in [0.1, 0.15) is 23.6 Å². The zero-order chi connectivity index (χ0) is 12.8. The van der Waals surface area contributed by atoms with Gasteiger partial charge in [-0.2, -0.15) is 0 Å². The molecule has 2 nitrogen and oxygen atoms in total. The molecule has 0 saturated carbocycles. The Hall–Kier alpha value is -1.80. The fourth-order valence-electron chi connectivity index (χ4n) is 1.98. The van der Waals surface area contributed by atoms with Gasteiger partial charge in [-0.25, -0.2) is 0 Å². The van der Waals surface area contributed by atoms with Crippen LogP contribution in [0.15, 0.2) is 54.6 Å². The van der Waals surface area contributed by atoms with Crippen LogP contribution in [-0.4, -0.2) is 6.61 Å². The molecule has 2 N–H and O–H groups in total. The molecule has 0 saturated heterocycles. The van der Waals surface area contributed by atoms with Gasteiger partial charge in [0, 0.05) is 12.5 Å². The highest BCUT2D eigenvalue weighted by Gasteiger charge is 2.08. The lowest BCUT2D eigenvalue weighted by atomic mass is 10.00. The minimum Gasteiger partial charge on any atom is -0.494 e. The summed E-state index contributed by atoms with van der Waals surface area (Å²) in [7, 11) is 0. The van der Waals surface area contributed by atoms with Gasteiger partial charge in [-0.3, -0.25) is 0 Å². The van der Waals surface area contributed by atoms with Crippen LogP contribution in [0.25, 0.3) is 0 Å². The summed E-state index contributed by atoms with van der Waals surface area (Å²) in [5.74, 6) is 0.898. The Morgan fingerprint density at radius 1 is 1.00 bits per heavy atom. The summed E-state index contributed by atoms with van der Waals surface area (Å²) < 4.78 is 5.66. The van der Waals surface area contributed by atoms with Crippen molar-refractivity contribution >= 4 is 0 Å². The molecule has 0 aliphatic carbocycles. The Bertz CT molecular complexity index is 481. The van der Waals surface area contributed by atoms with E-state index in [9.17, 15) is 0 Å². The van der Waals surface area contributed by atoms with Crippen molar-refractivity contribution in [2.45, 2.75) is 19.4 Å². The van der Waals surface area contributed by atoms with Crippen molar-refractivity contribution in [3.63, 3.8) is 0 Å². The van der Waals surface area contributed by atoms with Crippen molar-refractivity contribution in [1.82, 2.24) is 0 Å². The molecule has 2 aromatic rings. The van der Waals surface area contributed by atoms with Gasteiger partial charge in [0.15, 0.2) is 0 Å². The number of hydrogen-bond acceptors (Lipinski definition) is 2. The van der Waals surface area contributed by atoms with Crippen LogP contribution in [0, 0.1) is 6.92 Å². The molecule has 0 aliphatic heterocycles. The van der Waals surface area contributed by atoms with Crippen LogP contribution in [0.5, 0.6) is 5.75 Å². The van der Waals surface area contributed by atoms with E-state index in [0.29, 0.717) is 6.61 Å². The Labute approximate surface area is 108 Å². The molecule has 0 aliphatic rings. The van der Waals surface area contributed by atoms with E-state index in [1.54, 1.807) is 0 Å². The van der Waals surface area contributed by atoms with E-state index in [1.165, 1.54) is 11.1 Å². The lowest BCUT2D eigenvalue weighted by Crippen LogP contribution is -2.15. The van der Waals surface area contributed by atoms with Gasteiger partial charge in [-0.05, 0) is 30.2 Å². The van der Waals surface area contributed by atoms with Crippen molar-refractivity contribution < 1.29 is 4.74 Å². The average Bonchev–Trinajstić information content (AvgIpc) is 2.40. The monoisotopic (exact) mass is 241 g/mol. The van der Waals surface area contributed by atoms with Crippen LogP contribution >= 0.6 is 0 Å². The molecular weight excluding hydrogens is 222 g/mol. The molecule has 2 rings (SSSR count). The second-order valence-corrected chi connectivity index (χ2v) is 4.41. The minimum absolute atomic E-state index is 0.0370. The molecule has 94 valence electrons. The SMILES string of the molecule is Cc1ccccc1C(N)CCOc1ccccc1. The number of para-hydroxylation sites is 1. The van der Waals surface area contributed by atoms with E-state index < -0.39 is 0 Å². The van der Waals surface area contributed by atoms with Crippen molar-refractivity contribution in [2.75, 3.05) is 6.61 Å². The third-order valence-electron chi connectivity index (χ3n) is 3.03. The molecule has 2 heteroatoms. The van der Waals surface area contributed by atoms with Crippen molar-refractivity contribution in [3.05, 3.63) is 65.7 Å². The fourth-order valence-corrected chi connectivity index (χ4v) is 1.98. The highest BCUT2D eigenvalue weighted by atomic mass is 16.5. The van der Waals surface area contributed by atoms with Gasteiger partial charge < -0.3 is 10.5 Å². The standard InChI is InChI=1S/C16H19NO/c1-13-7-5-6-10-15(13)16(17)11-12-18-14-8-3-2-4-9-14/h2-10,16H,11-12,17H2,1H3. The normalized spacial score (nSPS) is 12.1. The third kappa shape index (κ3) is 3.34. The summed E-state index contributed by atoms with van der Waals surface area (Å²) in [5, 5.41) is 0. The Morgan fingerprint density at radius 3 is 2.39 bits per heavy atom. The van der Waals surface area contributed by atoms with E-state index in [-0.39, 0.29) is 6.04 Å². The van der Waals surface area contributed by atoms with Crippen LogP contribution < -0.4 is 10.5 Å². The van der Waals surface area contributed by atoms with Crippen molar-refractivity contribution in [3.8, 4) is 5.75 Å². The zero-order valence-electron chi connectivity index (χ0n) is 10.7. The molecular formula is C16H19NO. The second kappa shape index (κ2) is 6.22. The largest absolute Gasteiger partial charge is 0.494 e. The van der Waals surface area contributed by atoms with Gasteiger partial charge in [-0.15, -0.1) is 0 Å². The predicted octanol–water partition coefficient (Wildman–Crippen LogP) is 3.46. The summed E-state index contributed by atoms with van der Waals surface area (Å²) >= 11 is 0. The Morgan fingerprint density at radius 2 is 1.67 bits per heavy atom. The summed E-state index contributed by atoms with van der Waals surface area (Å²) in [6.45, 7) is 2.73. The number of hydrogen-bond donors (Lipinski definition) is 1. The second-order valence-electron chi connectivity index (χ2n) is 4.41. The molecule has 0 heterocycles. The summed E-state index contributed by atoms with van der Waals surface area (Å²) in [4.78, 5) is 0. The number of rotatable bonds is 5. The first-order valence-electron chi connectivity index (χ1n) is 6.26. The summed E-state index contributed by atoms with van der Waals surface area (Å²) in [5.41, 5.74) is 8.62. The minimum atomic E-state index is 0.0370. The van der Waals surface area contributed by atoms with Gasteiger partial charge in [0.05, 0.1) is 6.61 Å². The van der Waals surface area contributed by atoms with E-state index in [2.05, 4.69) is 19.1 Å². The third-order valence-corrected chi connectivity index (χ3v) is 3.03. The number of ether oxygens (including phenoxy) is 1. The number of nitrogens with two attached hydrogens (primary N) is 1. The Balaban J connectivity index is 1.86. The highest BCUT2D eigenvalue weighted by molar-refractivity contribution is 5.28. The summed E-state index contributed by atoms with van der Waals surface area (Å²) in [6.07, 6.45) is 0.819. The van der Waals surface area contributed by atoms with Crippen LogP contribution in [0.2, 0.25) is 0 Å². The molecule has 1 unspecified atom stereocenters. The average molecular weight is 241 g/mol. The van der Waals surface area contributed by atoms with Gasteiger partial charge in [0.25, 0.3) is 0 Å². The lowest BCUT2D eigenvalue weighted by molar-refractivity contribution is 0.298. The number of aryl methyl sites for hydroxylation is 1. The smallest absolute Gasteiger partial charge is 0.119 e. The molecule has 0 bridgehead atoms. The molecule has 2 aromatic carbocycles. The fraction of sp³-hybridized carbons (Fsp3) is 0.250. The molecule has 18 heavy (non-hydrogen) atoms. The maximum absolute atomic E-state index is 6.18. The molecule has 0 radical (unpaired) electrons. The van der Waals surface area contributed by atoms with Gasteiger partial charge in [0.2, 0.25) is 0 Å². The van der Waals surface area contributed by atoms with Crippen molar-refractivity contribution in [2.24, 2.45) is 5.73 Å². The van der Waals surface area contributed by atoms with Crippen LogP contribution in [-0.2, 0) is 0 Å². The molecule has 0 fully saturated rings. The van der Waals surface area contributed by atoms with E-state index >= 15 is 0 Å². The predicted molar refractivity (Wildman–Crippen MR) is 74.7 cm³/mol. The van der Waals surface area contributed by atoms with Crippen LogP contribution in [0.3, 0.4) is 0 Å². The van der Waals surface area contributed by atoms with E-state index in [4.69, 9.17) is 10.5 Å². The molecule has 0 aromatic heterocycles. The van der Waals surface area contributed by atoms with Gasteiger partial charge >= 0.3 is 0 Å². The molecule has 0 spiro atoms. The van der Waals surface area contributed by atoms with Crippen LogP contribution in [0.4, 0.5) is 0 Å². The van der Waals surface area contributed by atoms with Gasteiger partial charge in [-0.1, -0.05) is 42.5 Å². The molecule has 1 atom stereocenters. The van der Waals surface area contributed by atoms with E-state index in [1.807, 2.05) is 42.5 Å². The van der Waals surface area contributed by atoms with E-state index in [0.717, 1.165) is 12.2 Å². The maximum Gasteiger partial charge on any atom is 0.119 e. The highest BCUT2D eigenvalue weighted by Crippen LogP contribution is 2.18. The number of benzene rings is 2. The molecule has 0 amide bonds. The lowest BCUT2D eigenvalue weighted by Gasteiger charge is -2.15.